The molecule has 0 aromatic heterocycles. The molecule has 0 aromatic rings. The van der Waals surface area contributed by atoms with Gasteiger partial charge in [0, 0.05) is 18.5 Å². The molecule has 2 bridgehead atoms. The van der Waals surface area contributed by atoms with Gasteiger partial charge in [-0.05, 0) is 44.9 Å². The predicted octanol–water partition coefficient (Wildman–Crippen LogP) is 2.57. The maximum atomic E-state index is 12.5. The summed E-state index contributed by atoms with van der Waals surface area (Å²) < 4.78 is 0. The Morgan fingerprint density at radius 2 is 2.18 bits per heavy atom. The van der Waals surface area contributed by atoms with Crippen molar-refractivity contribution in [2.75, 3.05) is 6.54 Å². The molecule has 3 heteroatoms. The summed E-state index contributed by atoms with van der Waals surface area (Å²) in [5, 5.41) is 8.66. The highest BCUT2D eigenvalue weighted by Crippen LogP contribution is 2.48. The highest BCUT2D eigenvalue weighted by molar-refractivity contribution is 5.80. The molecule has 2 aliphatic carbocycles. The summed E-state index contributed by atoms with van der Waals surface area (Å²) in [6.45, 7) is 4.69. The van der Waals surface area contributed by atoms with Crippen molar-refractivity contribution in [2.45, 2.75) is 52.0 Å². The molecule has 0 saturated heterocycles. The van der Waals surface area contributed by atoms with Gasteiger partial charge in [0.15, 0.2) is 0 Å². The number of hydrogen-bond acceptors (Lipinski definition) is 2. The van der Waals surface area contributed by atoms with Gasteiger partial charge in [-0.1, -0.05) is 6.42 Å². The Hall–Kier alpha value is -1.04. The van der Waals surface area contributed by atoms with Gasteiger partial charge in [0.05, 0.1) is 12.5 Å². The lowest BCUT2D eigenvalue weighted by atomic mass is 9.87. The predicted molar refractivity (Wildman–Crippen MR) is 66.0 cm³/mol. The first-order valence-electron chi connectivity index (χ1n) is 6.81. The van der Waals surface area contributed by atoms with Crippen molar-refractivity contribution in [3.05, 3.63) is 0 Å². The quantitative estimate of drug-likeness (QED) is 0.750. The van der Waals surface area contributed by atoms with Crippen LogP contribution in [0, 0.1) is 29.1 Å². The summed E-state index contributed by atoms with van der Waals surface area (Å²) in [5.74, 6) is 2.01. The van der Waals surface area contributed by atoms with Crippen molar-refractivity contribution in [3.8, 4) is 6.07 Å². The maximum Gasteiger partial charge on any atom is 0.226 e. The fourth-order valence-electron chi connectivity index (χ4n) is 3.55. The first kappa shape index (κ1) is 12.4. The molecule has 1 amide bonds. The van der Waals surface area contributed by atoms with Crippen molar-refractivity contribution < 1.29 is 4.79 Å². The average molecular weight is 234 g/mol. The lowest BCUT2D eigenvalue weighted by molar-refractivity contribution is -0.138. The second-order valence-electron chi connectivity index (χ2n) is 5.81. The summed E-state index contributed by atoms with van der Waals surface area (Å²) in [6.07, 6.45) is 5.38. The fraction of sp³-hybridized carbons (Fsp3) is 0.857. The highest BCUT2D eigenvalue weighted by atomic mass is 16.2. The summed E-state index contributed by atoms with van der Waals surface area (Å²) >= 11 is 0. The zero-order valence-corrected chi connectivity index (χ0v) is 10.9. The summed E-state index contributed by atoms with van der Waals surface area (Å²) in [4.78, 5) is 14.4. The molecule has 3 unspecified atom stereocenters. The first-order valence-corrected chi connectivity index (χ1v) is 6.81. The van der Waals surface area contributed by atoms with Crippen LogP contribution >= 0.6 is 0 Å². The minimum Gasteiger partial charge on any atom is -0.339 e. The molecule has 2 saturated carbocycles. The molecular weight excluding hydrogens is 212 g/mol. The Labute approximate surface area is 104 Å². The molecule has 0 heterocycles. The summed E-state index contributed by atoms with van der Waals surface area (Å²) in [6, 6.07) is 2.36. The number of amides is 1. The number of hydrogen-bond donors (Lipinski definition) is 0. The van der Waals surface area contributed by atoms with Crippen LogP contribution in [-0.4, -0.2) is 23.4 Å². The normalized spacial score (nSPS) is 30.6. The van der Waals surface area contributed by atoms with E-state index < -0.39 is 0 Å². The minimum atomic E-state index is 0.218. The Morgan fingerprint density at radius 3 is 2.65 bits per heavy atom. The molecule has 2 rings (SSSR count). The topological polar surface area (TPSA) is 44.1 Å². The van der Waals surface area contributed by atoms with Crippen molar-refractivity contribution in [2.24, 2.45) is 17.8 Å². The van der Waals surface area contributed by atoms with Crippen molar-refractivity contribution in [1.82, 2.24) is 4.90 Å². The van der Waals surface area contributed by atoms with Gasteiger partial charge in [0.2, 0.25) is 5.91 Å². The van der Waals surface area contributed by atoms with E-state index in [1.165, 1.54) is 19.3 Å². The number of rotatable bonds is 4. The Balaban J connectivity index is 1.99. The highest BCUT2D eigenvalue weighted by Gasteiger charge is 2.44. The molecule has 0 aromatic carbocycles. The molecule has 0 N–H and O–H groups in total. The van der Waals surface area contributed by atoms with Crippen LogP contribution in [0.15, 0.2) is 0 Å². The van der Waals surface area contributed by atoms with Gasteiger partial charge < -0.3 is 4.90 Å². The SMILES string of the molecule is CC(C)N(CCC#N)C(=O)C1CC2CCC1C2. The third-order valence-corrected chi connectivity index (χ3v) is 4.43. The second kappa shape index (κ2) is 5.08. The molecule has 0 spiro atoms. The molecule has 2 aliphatic rings. The van der Waals surface area contributed by atoms with Crippen molar-refractivity contribution in [3.63, 3.8) is 0 Å². The molecule has 3 atom stereocenters. The van der Waals surface area contributed by atoms with E-state index in [0.29, 0.717) is 24.8 Å². The smallest absolute Gasteiger partial charge is 0.226 e. The van der Waals surface area contributed by atoms with Crippen LogP contribution in [0.25, 0.3) is 0 Å². The Bertz CT molecular complexity index is 332. The van der Waals surface area contributed by atoms with Gasteiger partial charge in [0.1, 0.15) is 0 Å². The summed E-state index contributed by atoms with van der Waals surface area (Å²) in [5.41, 5.74) is 0. The molecule has 2 fully saturated rings. The lowest BCUT2D eigenvalue weighted by Gasteiger charge is -2.31. The molecular formula is C14H22N2O. The maximum absolute atomic E-state index is 12.5. The second-order valence-corrected chi connectivity index (χ2v) is 5.81. The number of carbonyl (C=O) groups excluding carboxylic acids is 1. The van der Waals surface area contributed by atoms with E-state index in [1.54, 1.807) is 0 Å². The van der Waals surface area contributed by atoms with E-state index in [2.05, 4.69) is 6.07 Å². The van der Waals surface area contributed by atoms with Crippen LogP contribution < -0.4 is 0 Å². The van der Waals surface area contributed by atoms with Crippen LogP contribution in [0.4, 0.5) is 0 Å². The van der Waals surface area contributed by atoms with E-state index in [4.69, 9.17) is 5.26 Å². The molecule has 0 radical (unpaired) electrons. The first-order chi connectivity index (χ1) is 8.13. The minimum absolute atomic E-state index is 0.218. The van der Waals surface area contributed by atoms with E-state index in [9.17, 15) is 4.79 Å². The van der Waals surface area contributed by atoms with Gasteiger partial charge in [0.25, 0.3) is 0 Å². The van der Waals surface area contributed by atoms with Gasteiger partial charge in [-0.3, -0.25) is 4.79 Å². The molecule has 94 valence electrons. The van der Waals surface area contributed by atoms with Crippen LogP contribution in [-0.2, 0) is 4.79 Å². The van der Waals surface area contributed by atoms with Gasteiger partial charge in [-0.25, -0.2) is 0 Å². The fourth-order valence-corrected chi connectivity index (χ4v) is 3.55. The van der Waals surface area contributed by atoms with E-state index in [1.807, 2.05) is 18.7 Å². The molecule has 3 nitrogen and oxygen atoms in total. The number of nitrogens with zero attached hydrogens (tertiary/aromatic N) is 2. The third-order valence-electron chi connectivity index (χ3n) is 4.43. The van der Waals surface area contributed by atoms with Gasteiger partial charge in [-0.15, -0.1) is 0 Å². The third kappa shape index (κ3) is 2.46. The zero-order valence-electron chi connectivity index (χ0n) is 10.9. The number of carbonyl (C=O) groups is 1. The van der Waals surface area contributed by atoms with Gasteiger partial charge in [-0.2, -0.15) is 5.26 Å². The van der Waals surface area contributed by atoms with Crippen LogP contribution in [0.3, 0.4) is 0 Å². The van der Waals surface area contributed by atoms with E-state index in [-0.39, 0.29) is 12.0 Å². The van der Waals surface area contributed by atoms with E-state index >= 15 is 0 Å². The standard InChI is InChI=1S/C14H22N2O/c1-10(2)16(7-3-6-15)14(17)13-9-11-4-5-12(13)8-11/h10-13H,3-5,7-9H2,1-2H3. The molecule has 17 heavy (non-hydrogen) atoms. The Morgan fingerprint density at radius 1 is 1.41 bits per heavy atom. The largest absolute Gasteiger partial charge is 0.339 e. The van der Waals surface area contributed by atoms with E-state index in [0.717, 1.165) is 12.3 Å². The molecule has 0 aliphatic heterocycles. The lowest BCUT2D eigenvalue weighted by Crippen LogP contribution is -2.42. The Kier molecular flexibility index (Phi) is 3.71. The van der Waals surface area contributed by atoms with Gasteiger partial charge >= 0.3 is 0 Å². The number of nitriles is 1. The monoisotopic (exact) mass is 234 g/mol. The van der Waals surface area contributed by atoms with Crippen LogP contribution in [0.2, 0.25) is 0 Å². The average Bonchev–Trinajstić information content (AvgIpc) is 2.90. The zero-order chi connectivity index (χ0) is 12.4. The van der Waals surface area contributed by atoms with Crippen LogP contribution in [0.1, 0.15) is 46.0 Å². The van der Waals surface area contributed by atoms with Crippen LogP contribution in [0.5, 0.6) is 0 Å². The van der Waals surface area contributed by atoms with Crippen molar-refractivity contribution in [1.29, 1.82) is 5.26 Å². The number of fused-ring (bicyclic) bond motifs is 2. The summed E-state index contributed by atoms with van der Waals surface area (Å²) in [7, 11) is 0. The van der Waals surface area contributed by atoms with Crippen molar-refractivity contribution >= 4 is 5.91 Å².